The molecule has 1 fully saturated rings. The molecule has 0 saturated carbocycles. The smallest absolute Gasteiger partial charge is 0.254 e. The normalized spacial score (nSPS) is 21.6. The Morgan fingerprint density at radius 1 is 0.917 bits per heavy atom. The molecule has 1 saturated heterocycles. The molecule has 1 N–H and O–H groups in total. The molecule has 3 heterocycles. The number of hydrogen-bond donors (Lipinski definition) is 1. The van der Waals surface area contributed by atoms with Crippen molar-refractivity contribution >= 4 is 22.7 Å². The van der Waals surface area contributed by atoms with Crippen LogP contribution < -0.4 is 0 Å². The van der Waals surface area contributed by atoms with Gasteiger partial charge in [0.15, 0.2) is 5.54 Å². The summed E-state index contributed by atoms with van der Waals surface area (Å²) < 4.78 is 0. The fourth-order valence-corrected chi connectivity index (χ4v) is 6.05. The van der Waals surface area contributed by atoms with Crippen molar-refractivity contribution in [2.75, 3.05) is 19.6 Å². The number of aryl methyl sites for hydroxylation is 1. The monoisotopic (exact) mass is 477 g/mol. The summed E-state index contributed by atoms with van der Waals surface area (Å²) in [6.07, 6.45) is 1.71. The molecule has 2 atom stereocenters. The molecule has 2 aliphatic heterocycles. The zero-order valence-electron chi connectivity index (χ0n) is 20.8. The Bertz CT molecular complexity index is 1440. The summed E-state index contributed by atoms with van der Waals surface area (Å²) in [5.41, 5.74) is 5.56. The fraction of sp³-hybridized carbons (Fsp3) is 0.290. The van der Waals surface area contributed by atoms with Crippen LogP contribution in [0, 0.1) is 0 Å². The molecule has 0 bridgehead atoms. The van der Waals surface area contributed by atoms with Crippen molar-refractivity contribution in [2.45, 2.75) is 38.1 Å². The van der Waals surface area contributed by atoms with E-state index in [0.29, 0.717) is 13.1 Å². The summed E-state index contributed by atoms with van der Waals surface area (Å²) in [5.74, 6) is -0.00184. The second-order valence-electron chi connectivity index (χ2n) is 10.1. The average molecular weight is 478 g/mol. The number of para-hydroxylation sites is 1. The van der Waals surface area contributed by atoms with Crippen LogP contribution in [-0.2, 0) is 28.0 Å². The number of carbonyl (C=O) groups excluding carboxylic acids is 2. The van der Waals surface area contributed by atoms with E-state index < -0.39 is 5.54 Å². The predicted molar refractivity (Wildman–Crippen MR) is 142 cm³/mol. The van der Waals surface area contributed by atoms with E-state index in [1.165, 1.54) is 11.1 Å². The van der Waals surface area contributed by atoms with Gasteiger partial charge in [0.2, 0.25) is 5.91 Å². The number of benzene rings is 3. The Balaban J connectivity index is 1.44. The van der Waals surface area contributed by atoms with E-state index in [9.17, 15) is 9.59 Å². The number of rotatable bonds is 5. The molecule has 1 aromatic heterocycles. The molecule has 4 aromatic rings. The lowest BCUT2D eigenvalue weighted by molar-refractivity contribution is -0.166. The van der Waals surface area contributed by atoms with Crippen LogP contribution in [0.1, 0.15) is 47.7 Å². The molecule has 6 rings (SSSR count). The molecule has 2 unspecified atom stereocenters. The van der Waals surface area contributed by atoms with Crippen molar-refractivity contribution in [3.8, 4) is 0 Å². The molecule has 0 aliphatic carbocycles. The van der Waals surface area contributed by atoms with Crippen LogP contribution in [0.4, 0.5) is 0 Å². The first kappa shape index (κ1) is 22.6. The van der Waals surface area contributed by atoms with Gasteiger partial charge in [-0.2, -0.15) is 0 Å². The Hall–Kier alpha value is -3.86. The number of amides is 2. The van der Waals surface area contributed by atoms with Gasteiger partial charge in [0.25, 0.3) is 5.91 Å². The molecule has 36 heavy (non-hydrogen) atoms. The molecule has 5 heteroatoms. The number of fused-ring (bicyclic) bond motifs is 5. The number of aromatic amines is 1. The van der Waals surface area contributed by atoms with Crippen molar-refractivity contribution in [3.05, 3.63) is 107 Å². The molecule has 182 valence electrons. The number of hydrogen-bond acceptors (Lipinski definition) is 2. The Morgan fingerprint density at radius 3 is 2.39 bits per heavy atom. The minimum atomic E-state index is -1.06. The van der Waals surface area contributed by atoms with Gasteiger partial charge >= 0.3 is 0 Å². The van der Waals surface area contributed by atoms with E-state index in [2.05, 4.69) is 60.4 Å². The van der Waals surface area contributed by atoms with E-state index in [-0.39, 0.29) is 24.3 Å². The topological polar surface area (TPSA) is 56.4 Å². The third-order valence-electron chi connectivity index (χ3n) is 8.12. The van der Waals surface area contributed by atoms with Crippen LogP contribution in [0.25, 0.3) is 10.9 Å². The first-order valence-electron chi connectivity index (χ1n) is 12.8. The van der Waals surface area contributed by atoms with Crippen molar-refractivity contribution in [1.29, 1.82) is 0 Å². The number of H-pyrrole nitrogens is 1. The lowest BCUT2D eigenvalue weighted by Gasteiger charge is -2.51. The van der Waals surface area contributed by atoms with Crippen LogP contribution in [0.2, 0.25) is 0 Å². The molecular formula is C31H31N3O2. The zero-order valence-corrected chi connectivity index (χ0v) is 20.8. The van der Waals surface area contributed by atoms with Gasteiger partial charge in [0.05, 0.1) is 12.2 Å². The summed E-state index contributed by atoms with van der Waals surface area (Å²) in [6, 6.07) is 27.1. The van der Waals surface area contributed by atoms with Gasteiger partial charge in [-0.1, -0.05) is 79.7 Å². The SMILES string of the molecule is CCc1ccc(C2CN3C(=O)CN(CCc4ccccc4)C(=O)C3(C)c3[nH]c4ccccc4c32)cc1. The highest BCUT2D eigenvalue weighted by molar-refractivity contribution is 6.01. The largest absolute Gasteiger partial charge is 0.356 e. The van der Waals surface area contributed by atoms with Gasteiger partial charge in [-0.15, -0.1) is 0 Å². The highest BCUT2D eigenvalue weighted by Crippen LogP contribution is 2.48. The summed E-state index contributed by atoms with van der Waals surface area (Å²) in [6.45, 7) is 5.22. The minimum absolute atomic E-state index is 0.00255. The number of carbonyl (C=O) groups is 2. The Kier molecular flexibility index (Phi) is 5.44. The van der Waals surface area contributed by atoms with Gasteiger partial charge < -0.3 is 14.8 Å². The second kappa shape index (κ2) is 8.66. The molecule has 2 aliphatic rings. The van der Waals surface area contributed by atoms with Gasteiger partial charge in [-0.25, -0.2) is 0 Å². The van der Waals surface area contributed by atoms with Gasteiger partial charge in [-0.05, 0) is 48.1 Å². The molecule has 0 spiro atoms. The number of aromatic nitrogens is 1. The number of nitrogens with zero attached hydrogens (tertiary/aromatic N) is 2. The first-order valence-corrected chi connectivity index (χ1v) is 12.8. The molecular weight excluding hydrogens is 446 g/mol. The third-order valence-corrected chi connectivity index (χ3v) is 8.12. The lowest BCUT2D eigenvalue weighted by Crippen LogP contribution is -2.67. The maximum Gasteiger partial charge on any atom is 0.254 e. The second-order valence-corrected chi connectivity index (χ2v) is 10.1. The average Bonchev–Trinajstić information content (AvgIpc) is 3.32. The maximum atomic E-state index is 14.1. The highest BCUT2D eigenvalue weighted by atomic mass is 16.2. The molecule has 2 amide bonds. The van der Waals surface area contributed by atoms with Crippen LogP contribution in [-0.4, -0.2) is 46.2 Å². The fourth-order valence-electron chi connectivity index (χ4n) is 6.05. The predicted octanol–water partition coefficient (Wildman–Crippen LogP) is 5.00. The van der Waals surface area contributed by atoms with Crippen LogP contribution >= 0.6 is 0 Å². The summed E-state index contributed by atoms with van der Waals surface area (Å²) in [4.78, 5) is 34.9. The standard InChI is InChI=1S/C31H31N3O2/c1-3-21-13-15-23(16-14-21)25-19-34-27(35)20-33(18-17-22-9-5-4-6-10-22)30(36)31(34,2)29-28(25)24-11-7-8-12-26(24)32-29/h4-16,25,32H,3,17-20H2,1-2H3. The van der Waals surface area contributed by atoms with Gasteiger partial charge in [0.1, 0.15) is 0 Å². The third kappa shape index (κ3) is 3.45. The van der Waals surface area contributed by atoms with Crippen molar-refractivity contribution in [3.63, 3.8) is 0 Å². The van der Waals surface area contributed by atoms with E-state index >= 15 is 0 Å². The van der Waals surface area contributed by atoms with Crippen LogP contribution in [0.3, 0.4) is 0 Å². The van der Waals surface area contributed by atoms with Crippen molar-refractivity contribution < 1.29 is 9.59 Å². The lowest BCUT2D eigenvalue weighted by atomic mass is 9.76. The van der Waals surface area contributed by atoms with Gasteiger partial charge in [0, 0.05) is 29.9 Å². The zero-order chi connectivity index (χ0) is 24.9. The van der Waals surface area contributed by atoms with E-state index in [1.54, 1.807) is 4.90 Å². The molecule has 0 radical (unpaired) electrons. The summed E-state index contributed by atoms with van der Waals surface area (Å²) >= 11 is 0. The van der Waals surface area contributed by atoms with E-state index in [0.717, 1.165) is 40.6 Å². The van der Waals surface area contributed by atoms with Crippen LogP contribution in [0.15, 0.2) is 78.9 Å². The Labute approximate surface area is 211 Å². The quantitative estimate of drug-likeness (QED) is 0.440. The van der Waals surface area contributed by atoms with Crippen molar-refractivity contribution in [1.82, 2.24) is 14.8 Å². The molecule has 3 aromatic carbocycles. The molecule has 5 nitrogen and oxygen atoms in total. The minimum Gasteiger partial charge on any atom is -0.356 e. The first-order chi connectivity index (χ1) is 17.5. The maximum absolute atomic E-state index is 14.1. The van der Waals surface area contributed by atoms with Crippen LogP contribution in [0.5, 0.6) is 0 Å². The summed E-state index contributed by atoms with van der Waals surface area (Å²) in [5, 5.41) is 1.12. The summed E-state index contributed by atoms with van der Waals surface area (Å²) in [7, 11) is 0. The number of nitrogens with one attached hydrogen (secondary N) is 1. The highest BCUT2D eigenvalue weighted by Gasteiger charge is 2.56. The van der Waals surface area contributed by atoms with E-state index in [1.807, 2.05) is 42.2 Å². The van der Waals surface area contributed by atoms with Crippen molar-refractivity contribution in [2.24, 2.45) is 0 Å². The Morgan fingerprint density at radius 2 is 1.64 bits per heavy atom. The number of piperazine rings is 1. The van der Waals surface area contributed by atoms with Gasteiger partial charge in [-0.3, -0.25) is 9.59 Å². The van der Waals surface area contributed by atoms with E-state index in [4.69, 9.17) is 0 Å².